The Bertz CT molecular complexity index is 538. The topological polar surface area (TPSA) is 9.23 Å². The van der Waals surface area contributed by atoms with Crippen LogP contribution in [0.5, 0.6) is 5.75 Å². The van der Waals surface area contributed by atoms with E-state index in [4.69, 9.17) is 4.74 Å². The van der Waals surface area contributed by atoms with E-state index in [2.05, 4.69) is 53.2 Å². The lowest BCUT2D eigenvalue weighted by Gasteiger charge is -2.04. The van der Waals surface area contributed by atoms with Gasteiger partial charge in [0.15, 0.2) is 0 Å². The van der Waals surface area contributed by atoms with E-state index >= 15 is 0 Å². The van der Waals surface area contributed by atoms with Crippen molar-refractivity contribution >= 4 is 27.6 Å². The van der Waals surface area contributed by atoms with Gasteiger partial charge in [-0.2, -0.15) is 0 Å². The van der Waals surface area contributed by atoms with Crippen LogP contribution in [0.2, 0.25) is 0 Å². The molecule has 0 fully saturated rings. The maximum Gasteiger partial charge on any atom is 0.118 e. The zero-order valence-corrected chi connectivity index (χ0v) is 12.1. The Balaban J connectivity index is 2.23. The highest BCUT2D eigenvalue weighted by molar-refractivity contribution is 9.10. The van der Waals surface area contributed by atoms with Crippen LogP contribution >= 0.6 is 15.9 Å². The maximum absolute atomic E-state index is 5.16. The molecule has 0 radical (unpaired) electrons. The van der Waals surface area contributed by atoms with Crippen LogP contribution < -0.4 is 4.74 Å². The number of allylic oxidation sites excluding steroid dienone is 1. The average Bonchev–Trinajstić information content (AvgIpc) is 2.41. The molecule has 0 aliphatic rings. The summed E-state index contributed by atoms with van der Waals surface area (Å²) in [6.45, 7) is 2.11. The van der Waals surface area contributed by atoms with Gasteiger partial charge in [0.2, 0.25) is 0 Å². The van der Waals surface area contributed by atoms with Crippen molar-refractivity contribution in [1.29, 1.82) is 0 Å². The van der Waals surface area contributed by atoms with Crippen LogP contribution in [-0.4, -0.2) is 7.11 Å². The van der Waals surface area contributed by atoms with Gasteiger partial charge in [0.25, 0.3) is 0 Å². The summed E-state index contributed by atoms with van der Waals surface area (Å²) in [6, 6.07) is 16.4. The second-order valence-corrected chi connectivity index (χ2v) is 5.02. The van der Waals surface area contributed by atoms with Gasteiger partial charge in [-0.1, -0.05) is 46.3 Å². The summed E-state index contributed by atoms with van der Waals surface area (Å²) < 4.78 is 6.25. The van der Waals surface area contributed by atoms with Gasteiger partial charge in [-0.15, -0.1) is 0 Å². The molecule has 0 atom stereocenters. The Morgan fingerprint density at radius 1 is 1.00 bits per heavy atom. The highest BCUT2D eigenvalue weighted by Gasteiger charge is 1.97. The van der Waals surface area contributed by atoms with Crippen LogP contribution in [0.3, 0.4) is 0 Å². The molecular weight excluding hydrogens is 288 g/mol. The number of hydrogen-bond acceptors (Lipinski definition) is 1. The van der Waals surface area contributed by atoms with Crippen LogP contribution in [0.4, 0.5) is 0 Å². The van der Waals surface area contributed by atoms with Crippen LogP contribution in [0.15, 0.2) is 53.0 Å². The summed E-state index contributed by atoms with van der Waals surface area (Å²) in [4.78, 5) is 0. The van der Waals surface area contributed by atoms with E-state index in [-0.39, 0.29) is 0 Å². The summed E-state index contributed by atoms with van der Waals surface area (Å²) in [6.07, 6.45) is 2.17. The summed E-state index contributed by atoms with van der Waals surface area (Å²) in [5.41, 5.74) is 3.64. The largest absolute Gasteiger partial charge is 0.497 e. The predicted octanol–water partition coefficient (Wildman–Crippen LogP) is 5.02. The van der Waals surface area contributed by atoms with Gasteiger partial charge < -0.3 is 4.74 Å². The molecule has 18 heavy (non-hydrogen) atoms. The van der Waals surface area contributed by atoms with Gasteiger partial charge >= 0.3 is 0 Å². The SMILES string of the molecule is COc1ccc(C(C)=Cc2ccc(Br)cc2)cc1. The molecule has 0 aliphatic heterocycles. The summed E-state index contributed by atoms with van der Waals surface area (Å²) in [7, 11) is 1.68. The van der Waals surface area contributed by atoms with Gasteiger partial charge in [0, 0.05) is 4.47 Å². The number of methoxy groups -OCH3 is 1. The molecule has 92 valence electrons. The van der Waals surface area contributed by atoms with Gasteiger partial charge in [-0.05, 0) is 47.9 Å². The van der Waals surface area contributed by atoms with Crippen LogP contribution in [0, 0.1) is 0 Å². The molecule has 2 aromatic carbocycles. The van der Waals surface area contributed by atoms with E-state index in [1.807, 2.05) is 24.3 Å². The molecule has 2 heteroatoms. The molecule has 0 aliphatic carbocycles. The van der Waals surface area contributed by atoms with Crippen LogP contribution in [-0.2, 0) is 0 Å². The summed E-state index contributed by atoms with van der Waals surface area (Å²) >= 11 is 3.44. The first-order chi connectivity index (χ1) is 8.69. The van der Waals surface area contributed by atoms with E-state index in [0.717, 1.165) is 10.2 Å². The number of halogens is 1. The highest BCUT2D eigenvalue weighted by Crippen LogP contribution is 2.21. The molecule has 0 aromatic heterocycles. The third-order valence-corrected chi connectivity index (χ3v) is 3.33. The zero-order valence-electron chi connectivity index (χ0n) is 10.5. The summed E-state index contributed by atoms with van der Waals surface area (Å²) in [5, 5.41) is 0. The Morgan fingerprint density at radius 3 is 2.17 bits per heavy atom. The van der Waals surface area contributed by atoms with Crippen LogP contribution in [0.1, 0.15) is 18.1 Å². The van der Waals surface area contributed by atoms with Crippen molar-refractivity contribution in [2.45, 2.75) is 6.92 Å². The van der Waals surface area contributed by atoms with Gasteiger partial charge in [0.1, 0.15) is 5.75 Å². The van der Waals surface area contributed by atoms with E-state index in [9.17, 15) is 0 Å². The first kappa shape index (κ1) is 12.9. The van der Waals surface area contributed by atoms with Gasteiger partial charge in [0.05, 0.1) is 7.11 Å². The van der Waals surface area contributed by atoms with E-state index in [0.29, 0.717) is 0 Å². The maximum atomic E-state index is 5.16. The molecule has 0 unspecified atom stereocenters. The third-order valence-electron chi connectivity index (χ3n) is 2.80. The number of rotatable bonds is 3. The van der Waals surface area contributed by atoms with Crippen molar-refractivity contribution in [1.82, 2.24) is 0 Å². The number of hydrogen-bond donors (Lipinski definition) is 0. The molecule has 0 spiro atoms. The standard InChI is InChI=1S/C16H15BrO/c1-12(11-13-3-7-15(17)8-4-13)14-5-9-16(18-2)10-6-14/h3-11H,1-2H3. The minimum absolute atomic E-state index is 0.884. The normalized spacial score (nSPS) is 11.4. The molecule has 0 heterocycles. The lowest BCUT2D eigenvalue weighted by atomic mass is 10.0. The molecular formula is C16H15BrO. The Morgan fingerprint density at radius 2 is 1.61 bits per heavy atom. The third kappa shape index (κ3) is 3.23. The fourth-order valence-corrected chi connectivity index (χ4v) is 2.01. The van der Waals surface area contributed by atoms with E-state index in [1.165, 1.54) is 16.7 Å². The second-order valence-electron chi connectivity index (χ2n) is 4.11. The Kier molecular flexibility index (Phi) is 4.21. The predicted molar refractivity (Wildman–Crippen MR) is 80.7 cm³/mol. The van der Waals surface area contributed by atoms with E-state index in [1.54, 1.807) is 7.11 Å². The monoisotopic (exact) mass is 302 g/mol. The van der Waals surface area contributed by atoms with Crippen molar-refractivity contribution in [2.24, 2.45) is 0 Å². The smallest absolute Gasteiger partial charge is 0.118 e. The van der Waals surface area contributed by atoms with Crippen molar-refractivity contribution in [3.8, 4) is 5.75 Å². The van der Waals surface area contributed by atoms with Crippen molar-refractivity contribution in [3.05, 3.63) is 64.1 Å². The second kappa shape index (κ2) is 5.87. The number of ether oxygens (including phenoxy) is 1. The first-order valence-corrected chi connectivity index (χ1v) is 6.56. The molecule has 1 nitrogen and oxygen atoms in total. The number of benzene rings is 2. The molecule has 0 amide bonds. The first-order valence-electron chi connectivity index (χ1n) is 5.77. The van der Waals surface area contributed by atoms with Crippen molar-refractivity contribution < 1.29 is 4.74 Å². The lowest BCUT2D eigenvalue weighted by molar-refractivity contribution is 0.415. The Hall–Kier alpha value is -1.54. The molecule has 2 rings (SSSR count). The highest BCUT2D eigenvalue weighted by atomic mass is 79.9. The fourth-order valence-electron chi connectivity index (χ4n) is 1.75. The minimum Gasteiger partial charge on any atom is -0.497 e. The molecule has 2 aromatic rings. The average molecular weight is 303 g/mol. The fraction of sp³-hybridized carbons (Fsp3) is 0.125. The molecule has 0 saturated carbocycles. The zero-order chi connectivity index (χ0) is 13.0. The molecule has 0 bridgehead atoms. The van der Waals surface area contributed by atoms with Gasteiger partial charge in [-0.3, -0.25) is 0 Å². The summed E-state index contributed by atoms with van der Waals surface area (Å²) in [5.74, 6) is 0.884. The Labute approximate surface area is 116 Å². The van der Waals surface area contributed by atoms with Crippen molar-refractivity contribution in [3.63, 3.8) is 0 Å². The van der Waals surface area contributed by atoms with Crippen LogP contribution in [0.25, 0.3) is 11.6 Å². The van der Waals surface area contributed by atoms with Gasteiger partial charge in [-0.25, -0.2) is 0 Å². The molecule has 0 saturated heterocycles. The molecule has 0 N–H and O–H groups in total. The minimum atomic E-state index is 0.884. The van der Waals surface area contributed by atoms with E-state index < -0.39 is 0 Å². The lowest BCUT2D eigenvalue weighted by Crippen LogP contribution is -1.84. The van der Waals surface area contributed by atoms with Crippen molar-refractivity contribution in [2.75, 3.05) is 7.11 Å². The quantitative estimate of drug-likeness (QED) is 0.724.